The molecule has 0 unspecified atom stereocenters. The lowest BCUT2D eigenvalue weighted by Gasteiger charge is -2.05. The topological polar surface area (TPSA) is 37.3 Å². The molecule has 1 aromatic carbocycles. The normalized spacial score (nSPS) is 10.7. The molecular weight excluding hydrogens is 248 g/mol. The summed E-state index contributed by atoms with van der Waals surface area (Å²) in [6.07, 6.45) is 11.1. The quantitative estimate of drug-likeness (QED) is 0.569. The molecule has 0 saturated heterocycles. The predicted molar refractivity (Wildman–Crippen MR) is 84.1 cm³/mol. The minimum absolute atomic E-state index is 0.330. The van der Waals surface area contributed by atoms with Gasteiger partial charge in [0.1, 0.15) is 0 Å². The fourth-order valence-electron chi connectivity index (χ4n) is 2.54. The van der Waals surface area contributed by atoms with Crippen molar-refractivity contribution in [1.29, 1.82) is 0 Å². The Morgan fingerprint density at radius 1 is 0.900 bits per heavy atom. The van der Waals surface area contributed by atoms with Gasteiger partial charge in [0.05, 0.1) is 0 Å². The summed E-state index contributed by atoms with van der Waals surface area (Å²) in [5, 5.41) is 8.53. The van der Waals surface area contributed by atoms with E-state index in [2.05, 4.69) is 31.2 Å². The second-order valence-electron chi connectivity index (χ2n) is 5.65. The van der Waals surface area contributed by atoms with Crippen LogP contribution in [-0.2, 0) is 11.2 Å². The molecule has 0 aromatic heterocycles. The van der Waals surface area contributed by atoms with Crippen LogP contribution in [0.25, 0.3) is 0 Å². The summed E-state index contributed by atoms with van der Waals surface area (Å²) in [5.41, 5.74) is 2.90. The lowest BCUT2D eigenvalue weighted by molar-refractivity contribution is -0.137. The number of benzene rings is 1. The fraction of sp³-hybridized carbons (Fsp3) is 0.611. The van der Waals surface area contributed by atoms with Crippen LogP contribution < -0.4 is 0 Å². The number of unbranched alkanes of at least 4 members (excludes halogenated alkanes) is 7. The number of hydrogen-bond acceptors (Lipinski definition) is 1. The second kappa shape index (κ2) is 10.5. The molecule has 0 radical (unpaired) electrons. The van der Waals surface area contributed by atoms with E-state index >= 15 is 0 Å². The van der Waals surface area contributed by atoms with Crippen LogP contribution in [0, 0.1) is 6.92 Å². The van der Waals surface area contributed by atoms with Crippen molar-refractivity contribution in [3.05, 3.63) is 35.4 Å². The van der Waals surface area contributed by atoms with Crippen molar-refractivity contribution in [2.75, 3.05) is 0 Å². The SMILES string of the molecule is Cc1ccccc1CCCCCCCCCCC(=O)O. The summed E-state index contributed by atoms with van der Waals surface area (Å²) in [6, 6.07) is 8.65. The summed E-state index contributed by atoms with van der Waals surface area (Å²) >= 11 is 0. The minimum atomic E-state index is -0.666. The summed E-state index contributed by atoms with van der Waals surface area (Å²) in [5.74, 6) is -0.666. The van der Waals surface area contributed by atoms with Crippen molar-refractivity contribution in [2.24, 2.45) is 0 Å². The number of carboxylic acid groups (broad SMARTS) is 1. The number of aryl methyl sites for hydroxylation is 2. The summed E-state index contributed by atoms with van der Waals surface area (Å²) in [4.78, 5) is 10.3. The first kappa shape index (κ1) is 16.7. The molecule has 0 saturated carbocycles. The standard InChI is InChI=1S/C18H28O2/c1-16-12-10-11-14-17(16)13-8-6-4-2-3-5-7-9-15-18(19)20/h10-12,14H,2-9,13,15H2,1H3,(H,19,20). The molecule has 0 aliphatic heterocycles. The van der Waals surface area contributed by atoms with Gasteiger partial charge in [0.2, 0.25) is 0 Å². The Morgan fingerprint density at radius 2 is 1.45 bits per heavy atom. The van der Waals surface area contributed by atoms with Crippen LogP contribution in [-0.4, -0.2) is 11.1 Å². The smallest absolute Gasteiger partial charge is 0.303 e. The predicted octanol–water partition coefficient (Wildman–Crippen LogP) is 5.13. The zero-order chi connectivity index (χ0) is 14.6. The Balaban J connectivity index is 1.90. The molecule has 112 valence electrons. The Labute approximate surface area is 123 Å². The van der Waals surface area contributed by atoms with E-state index in [0.29, 0.717) is 6.42 Å². The number of aliphatic carboxylic acids is 1. The lowest BCUT2D eigenvalue weighted by atomic mass is 10.0. The molecule has 0 spiro atoms. The Kier molecular flexibility index (Phi) is 8.77. The molecule has 0 atom stereocenters. The van der Waals surface area contributed by atoms with Gasteiger partial charge in [-0.05, 0) is 37.3 Å². The first-order chi connectivity index (χ1) is 9.70. The van der Waals surface area contributed by atoms with Gasteiger partial charge < -0.3 is 5.11 Å². The number of carbonyl (C=O) groups is 1. The van der Waals surface area contributed by atoms with Gasteiger partial charge in [0.15, 0.2) is 0 Å². The Bertz CT molecular complexity index is 385. The average molecular weight is 276 g/mol. The van der Waals surface area contributed by atoms with Crippen molar-refractivity contribution in [1.82, 2.24) is 0 Å². The van der Waals surface area contributed by atoms with Crippen LogP contribution in [0.4, 0.5) is 0 Å². The third-order valence-electron chi connectivity index (χ3n) is 3.85. The van der Waals surface area contributed by atoms with Crippen LogP contribution in [0.15, 0.2) is 24.3 Å². The van der Waals surface area contributed by atoms with E-state index < -0.39 is 5.97 Å². The molecule has 0 bridgehead atoms. The molecule has 0 fully saturated rings. The van der Waals surface area contributed by atoms with E-state index in [1.807, 2.05) is 0 Å². The first-order valence-electron chi connectivity index (χ1n) is 7.96. The van der Waals surface area contributed by atoms with E-state index in [1.165, 1.54) is 56.1 Å². The van der Waals surface area contributed by atoms with Crippen molar-refractivity contribution >= 4 is 5.97 Å². The van der Waals surface area contributed by atoms with Gasteiger partial charge in [-0.3, -0.25) is 4.79 Å². The highest BCUT2D eigenvalue weighted by Gasteiger charge is 1.98. The number of hydrogen-bond donors (Lipinski definition) is 1. The highest BCUT2D eigenvalue weighted by atomic mass is 16.4. The molecule has 0 aliphatic rings. The minimum Gasteiger partial charge on any atom is -0.481 e. The summed E-state index contributed by atoms with van der Waals surface area (Å²) in [6.45, 7) is 2.19. The van der Waals surface area contributed by atoms with Gasteiger partial charge in [-0.1, -0.05) is 62.8 Å². The molecular formula is C18H28O2. The maximum atomic E-state index is 10.3. The third kappa shape index (κ3) is 7.98. The molecule has 2 heteroatoms. The summed E-state index contributed by atoms with van der Waals surface area (Å²) < 4.78 is 0. The van der Waals surface area contributed by atoms with Gasteiger partial charge in [0, 0.05) is 6.42 Å². The maximum absolute atomic E-state index is 10.3. The van der Waals surface area contributed by atoms with Crippen LogP contribution in [0.5, 0.6) is 0 Å². The molecule has 1 aromatic rings. The zero-order valence-corrected chi connectivity index (χ0v) is 12.7. The van der Waals surface area contributed by atoms with Crippen molar-refractivity contribution in [3.8, 4) is 0 Å². The molecule has 0 aliphatic carbocycles. The van der Waals surface area contributed by atoms with Crippen molar-refractivity contribution in [2.45, 2.75) is 71.1 Å². The fourth-order valence-corrected chi connectivity index (χ4v) is 2.54. The van der Waals surface area contributed by atoms with Crippen molar-refractivity contribution in [3.63, 3.8) is 0 Å². The average Bonchev–Trinajstić information content (AvgIpc) is 2.42. The molecule has 0 heterocycles. The van der Waals surface area contributed by atoms with Gasteiger partial charge in [-0.25, -0.2) is 0 Å². The van der Waals surface area contributed by atoms with Crippen molar-refractivity contribution < 1.29 is 9.90 Å². The second-order valence-corrected chi connectivity index (χ2v) is 5.65. The molecule has 0 amide bonds. The van der Waals surface area contributed by atoms with E-state index in [9.17, 15) is 4.79 Å². The monoisotopic (exact) mass is 276 g/mol. The summed E-state index contributed by atoms with van der Waals surface area (Å²) in [7, 11) is 0. The first-order valence-corrected chi connectivity index (χ1v) is 7.96. The van der Waals surface area contributed by atoms with Crippen LogP contribution in [0.2, 0.25) is 0 Å². The largest absolute Gasteiger partial charge is 0.481 e. The van der Waals surface area contributed by atoms with Crippen LogP contribution >= 0.6 is 0 Å². The van der Waals surface area contributed by atoms with Gasteiger partial charge >= 0.3 is 5.97 Å². The van der Waals surface area contributed by atoms with Gasteiger partial charge in [0.25, 0.3) is 0 Å². The molecule has 1 rings (SSSR count). The van der Waals surface area contributed by atoms with Crippen LogP contribution in [0.3, 0.4) is 0 Å². The Hall–Kier alpha value is -1.31. The molecule has 20 heavy (non-hydrogen) atoms. The molecule has 2 nitrogen and oxygen atoms in total. The van der Waals surface area contributed by atoms with E-state index in [4.69, 9.17) is 5.11 Å². The van der Waals surface area contributed by atoms with Gasteiger partial charge in [-0.15, -0.1) is 0 Å². The van der Waals surface area contributed by atoms with Crippen LogP contribution in [0.1, 0.15) is 68.9 Å². The lowest BCUT2D eigenvalue weighted by Crippen LogP contribution is -1.93. The zero-order valence-electron chi connectivity index (χ0n) is 12.7. The Morgan fingerprint density at radius 3 is 2.05 bits per heavy atom. The van der Waals surface area contributed by atoms with E-state index in [1.54, 1.807) is 0 Å². The van der Waals surface area contributed by atoms with E-state index in [-0.39, 0.29) is 0 Å². The highest BCUT2D eigenvalue weighted by Crippen LogP contribution is 2.14. The van der Waals surface area contributed by atoms with E-state index in [0.717, 1.165) is 12.8 Å². The highest BCUT2D eigenvalue weighted by molar-refractivity contribution is 5.66. The third-order valence-corrected chi connectivity index (χ3v) is 3.85. The molecule has 1 N–H and O–H groups in total. The number of carboxylic acids is 1. The van der Waals surface area contributed by atoms with Gasteiger partial charge in [-0.2, -0.15) is 0 Å². The maximum Gasteiger partial charge on any atom is 0.303 e. The number of rotatable bonds is 11.